The summed E-state index contributed by atoms with van der Waals surface area (Å²) >= 11 is 0. The van der Waals surface area contributed by atoms with Gasteiger partial charge in [-0.25, -0.2) is 4.79 Å². The van der Waals surface area contributed by atoms with Crippen LogP contribution in [0.25, 0.3) is 33.4 Å². The number of nitrogens with one attached hydrogen (secondary N) is 1. The summed E-state index contributed by atoms with van der Waals surface area (Å²) in [6.45, 7) is -0.102. The number of hydrogen-bond donors (Lipinski definition) is 4. The Morgan fingerprint density at radius 3 is 2.39 bits per heavy atom. The minimum Gasteiger partial charge on any atom is -0.508 e. The van der Waals surface area contributed by atoms with Gasteiger partial charge in [0.25, 0.3) is 5.91 Å². The lowest BCUT2D eigenvalue weighted by Gasteiger charge is -2.17. The number of hydrogen-bond acceptors (Lipinski definition) is 6. The molecular weight excluding hydrogens is 430 g/mol. The smallest absolute Gasteiger partial charge is 0.336 e. The van der Waals surface area contributed by atoms with Crippen LogP contribution in [0.5, 0.6) is 5.75 Å². The van der Waals surface area contributed by atoms with E-state index in [0.29, 0.717) is 16.5 Å². The molecule has 0 aromatic heterocycles. The predicted octanol–water partition coefficient (Wildman–Crippen LogP) is 3.17. The van der Waals surface area contributed by atoms with Crippen molar-refractivity contribution in [2.45, 2.75) is 6.42 Å². The van der Waals surface area contributed by atoms with E-state index >= 15 is 0 Å². The third kappa shape index (κ3) is 4.24. The van der Waals surface area contributed by atoms with Crippen LogP contribution in [0.15, 0.2) is 63.8 Å². The van der Waals surface area contributed by atoms with Crippen LogP contribution in [-0.4, -0.2) is 39.7 Å². The molecule has 1 amide bonds. The second-order valence-electron chi connectivity index (χ2n) is 7.28. The fourth-order valence-corrected chi connectivity index (χ4v) is 3.61. The number of aromatic carboxylic acids is 1. The van der Waals surface area contributed by atoms with Crippen LogP contribution < -0.4 is 10.7 Å². The largest absolute Gasteiger partial charge is 0.508 e. The fourth-order valence-electron chi connectivity index (χ4n) is 3.61. The number of phenolic OH excluding ortho intramolecular Hbond substituents is 1. The van der Waals surface area contributed by atoms with Crippen molar-refractivity contribution in [1.29, 1.82) is 0 Å². The highest BCUT2D eigenvalue weighted by molar-refractivity contribution is 6.09. The number of carbonyl (C=O) groups is 3. The zero-order valence-electron chi connectivity index (χ0n) is 17.0. The van der Waals surface area contributed by atoms with Gasteiger partial charge in [0.15, 0.2) is 5.43 Å². The second-order valence-corrected chi connectivity index (χ2v) is 7.28. The number of fused-ring (bicyclic) bond motifs is 2. The van der Waals surface area contributed by atoms with Crippen molar-refractivity contribution in [3.8, 4) is 28.2 Å². The maximum absolute atomic E-state index is 12.4. The maximum atomic E-state index is 12.4. The lowest BCUT2D eigenvalue weighted by Crippen LogP contribution is -2.26. The van der Waals surface area contributed by atoms with Crippen molar-refractivity contribution in [1.82, 2.24) is 5.32 Å². The van der Waals surface area contributed by atoms with Crippen LogP contribution in [-0.2, 0) is 4.79 Å². The highest BCUT2D eigenvalue weighted by Gasteiger charge is 2.23. The standard InChI is InChI=1S/C24H17NO8/c26-13-2-5-16-19(10-13)33-20-11-14(27)3-6-17(20)22(16)15-4-1-12(9-18(15)24(31)32)23(30)25-8-7-21(28)29/h1-6,9-11,26H,7-8H2,(H,25,30)(H,28,29)(H,31,32). The van der Waals surface area contributed by atoms with E-state index in [0.717, 1.165) is 0 Å². The van der Waals surface area contributed by atoms with Gasteiger partial charge in [0.1, 0.15) is 17.1 Å². The molecule has 0 fully saturated rings. The minimum atomic E-state index is -1.29. The molecular formula is C24H17NO8. The molecule has 9 nitrogen and oxygen atoms in total. The van der Waals surface area contributed by atoms with E-state index in [-0.39, 0.29) is 52.2 Å². The van der Waals surface area contributed by atoms with E-state index in [1.54, 1.807) is 6.07 Å². The molecule has 0 saturated carbocycles. The van der Waals surface area contributed by atoms with Crippen molar-refractivity contribution >= 4 is 28.8 Å². The van der Waals surface area contributed by atoms with E-state index in [1.165, 1.54) is 48.5 Å². The van der Waals surface area contributed by atoms with Gasteiger partial charge < -0.3 is 25.1 Å². The molecule has 2 aliphatic rings. The Morgan fingerprint density at radius 2 is 1.67 bits per heavy atom. The highest BCUT2D eigenvalue weighted by atomic mass is 16.4. The van der Waals surface area contributed by atoms with Gasteiger partial charge in [0.05, 0.1) is 12.0 Å². The number of phenols is 1. The monoisotopic (exact) mass is 447 g/mol. The number of aromatic hydroxyl groups is 1. The summed E-state index contributed by atoms with van der Waals surface area (Å²) in [6, 6.07) is 12.6. The van der Waals surface area contributed by atoms with Crippen LogP contribution in [0.2, 0.25) is 0 Å². The van der Waals surface area contributed by atoms with E-state index in [1.807, 2.05) is 0 Å². The van der Waals surface area contributed by atoms with E-state index < -0.39 is 17.8 Å². The van der Waals surface area contributed by atoms with Gasteiger partial charge in [-0.05, 0) is 42.0 Å². The molecule has 0 bridgehead atoms. The highest BCUT2D eigenvalue weighted by Crippen LogP contribution is 2.42. The second kappa shape index (κ2) is 8.46. The molecule has 9 heteroatoms. The lowest BCUT2D eigenvalue weighted by atomic mass is 9.90. The van der Waals surface area contributed by atoms with Crippen LogP contribution in [0.1, 0.15) is 27.1 Å². The zero-order valence-corrected chi connectivity index (χ0v) is 17.0. The van der Waals surface area contributed by atoms with Gasteiger partial charge in [-0.15, -0.1) is 0 Å². The lowest BCUT2D eigenvalue weighted by molar-refractivity contribution is -0.136. The van der Waals surface area contributed by atoms with E-state index in [4.69, 9.17) is 9.52 Å². The number of carboxylic acids is 2. The van der Waals surface area contributed by atoms with Gasteiger partial charge in [-0.1, -0.05) is 6.07 Å². The normalized spacial score (nSPS) is 10.9. The van der Waals surface area contributed by atoms with Crippen molar-refractivity contribution in [3.05, 3.63) is 75.9 Å². The first-order valence-electron chi connectivity index (χ1n) is 9.82. The Labute approximate surface area is 185 Å². The van der Waals surface area contributed by atoms with Crippen LogP contribution in [0.4, 0.5) is 0 Å². The maximum Gasteiger partial charge on any atom is 0.336 e. The Balaban J connectivity index is 1.92. The minimum absolute atomic E-state index is 0.0512. The molecule has 2 aromatic rings. The van der Waals surface area contributed by atoms with Gasteiger partial charge in [0, 0.05) is 40.8 Å². The third-order valence-corrected chi connectivity index (χ3v) is 5.08. The number of benzene rings is 3. The molecule has 0 saturated heterocycles. The fraction of sp³-hybridized carbons (Fsp3) is 0.0833. The molecule has 2 aromatic carbocycles. The summed E-state index contributed by atoms with van der Waals surface area (Å²) < 4.78 is 5.78. The summed E-state index contributed by atoms with van der Waals surface area (Å²) in [4.78, 5) is 47.0. The molecule has 33 heavy (non-hydrogen) atoms. The third-order valence-electron chi connectivity index (χ3n) is 5.08. The Morgan fingerprint density at radius 1 is 0.909 bits per heavy atom. The Hall–Kier alpha value is -4.66. The molecule has 1 aliphatic carbocycles. The number of carboxylic acid groups (broad SMARTS) is 2. The quantitative estimate of drug-likeness (QED) is 0.329. The van der Waals surface area contributed by atoms with Crippen LogP contribution in [0.3, 0.4) is 0 Å². The summed E-state index contributed by atoms with van der Waals surface area (Å²) in [6.07, 6.45) is -0.268. The average molecular weight is 447 g/mol. The number of amides is 1. The van der Waals surface area contributed by atoms with Gasteiger partial charge in [-0.3, -0.25) is 14.4 Å². The first-order valence-corrected chi connectivity index (χ1v) is 9.82. The molecule has 0 unspecified atom stereocenters. The van der Waals surface area contributed by atoms with Crippen LogP contribution >= 0.6 is 0 Å². The van der Waals surface area contributed by atoms with E-state index in [9.17, 15) is 29.4 Å². The molecule has 4 N–H and O–H groups in total. The number of aliphatic carboxylic acids is 1. The van der Waals surface area contributed by atoms with Crippen molar-refractivity contribution in [2.24, 2.45) is 0 Å². The Kier molecular flexibility index (Phi) is 5.53. The average Bonchev–Trinajstić information content (AvgIpc) is 2.76. The van der Waals surface area contributed by atoms with E-state index in [2.05, 4.69) is 5.32 Å². The summed E-state index contributed by atoms with van der Waals surface area (Å²) in [5.74, 6) is -2.82. The molecule has 1 aliphatic heterocycles. The molecule has 4 rings (SSSR count). The van der Waals surface area contributed by atoms with Crippen molar-refractivity contribution < 1.29 is 34.1 Å². The summed E-state index contributed by atoms with van der Waals surface area (Å²) in [5.41, 5.74) is 1.04. The molecule has 0 atom stereocenters. The summed E-state index contributed by atoms with van der Waals surface area (Å²) in [5, 5.41) is 31.4. The van der Waals surface area contributed by atoms with Crippen molar-refractivity contribution in [3.63, 3.8) is 0 Å². The molecule has 0 spiro atoms. The Bertz CT molecular complexity index is 1450. The first kappa shape index (κ1) is 21.6. The number of rotatable bonds is 6. The van der Waals surface area contributed by atoms with Gasteiger partial charge >= 0.3 is 11.9 Å². The van der Waals surface area contributed by atoms with Gasteiger partial charge in [0.2, 0.25) is 0 Å². The molecule has 166 valence electrons. The summed E-state index contributed by atoms with van der Waals surface area (Å²) in [7, 11) is 0. The molecule has 0 radical (unpaired) electrons. The van der Waals surface area contributed by atoms with Crippen molar-refractivity contribution in [2.75, 3.05) is 6.54 Å². The van der Waals surface area contributed by atoms with Gasteiger partial charge in [-0.2, -0.15) is 0 Å². The number of carbonyl (C=O) groups excluding carboxylic acids is 1. The predicted molar refractivity (Wildman–Crippen MR) is 118 cm³/mol. The first-order chi connectivity index (χ1) is 15.7. The molecule has 1 heterocycles. The van der Waals surface area contributed by atoms with Crippen LogP contribution in [0, 0.1) is 0 Å². The SMILES string of the molecule is O=C(O)CCNC(=O)c1ccc(-c2c3ccc(=O)cc-3oc3cc(O)ccc23)c(C(=O)O)c1. The topological polar surface area (TPSA) is 154 Å². The zero-order chi connectivity index (χ0) is 23.7.